The quantitative estimate of drug-likeness (QED) is 0.273. The molecule has 10 heteroatoms. The number of hydrogen-bond acceptors (Lipinski definition) is 5. The molecular weight excluding hydrogens is 403 g/mol. The first-order valence-electron chi connectivity index (χ1n) is 9.12. The van der Waals surface area contributed by atoms with Gasteiger partial charge in [0.2, 0.25) is 6.41 Å². The van der Waals surface area contributed by atoms with Crippen LogP contribution in [0.1, 0.15) is 27.2 Å². The Bertz CT molecular complexity index is 820. The van der Waals surface area contributed by atoms with Crippen LogP contribution in [0.3, 0.4) is 0 Å². The van der Waals surface area contributed by atoms with Crippen molar-refractivity contribution in [1.29, 1.82) is 0 Å². The second-order valence-electron chi connectivity index (χ2n) is 6.75. The topological polar surface area (TPSA) is 71.4 Å². The van der Waals surface area contributed by atoms with Crippen LogP contribution >= 0.6 is 0 Å². The van der Waals surface area contributed by atoms with Gasteiger partial charge in [-0.15, -0.1) is 13.2 Å². The summed E-state index contributed by atoms with van der Waals surface area (Å²) in [6, 6.07) is 5.02. The summed E-state index contributed by atoms with van der Waals surface area (Å²) in [5, 5.41) is 0. The molecule has 0 bridgehead atoms. The Hall–Kier alpha value is -3.04. The molecule has 0 aromatic heterocycles. The van der Waals surface area contributed by atoms with Crippen molar-refractivity contribution in [3.63, 3.8) is 0 Å². The second-order valence-corrected chi connectivity index (χ2v) is 6.75. The first kappa shape index (κ1) is 25.0. The van der Waals surface area contributed by atoms with Gasteiger partial charge in [-0.2, -0.15) is 4.99 Å². The van der Waals surface area contributed by atoms with Crippen LogP contribution in [0, 0.1) is 5.92 Å². The number of amides is 2. The van der Waals surface area contributed by atoms with Crippen molar-refractivity contribution >= 4 is 18.2 Å². The summed E-state index contributed by atoms with van der Waals surface area (Å²) in [7, 11) is 4.56. The molecule has 1 aromatic rings. The predicted molar refractivity (Wildman–Crippen MR) is 106 cm³/mol. The normalized spacial score (nSPS) is 13.8. The van der Waals surface area contributed by atoms with Crippen LogP contribution in [0.2, 0.25) is 0 Å². The molecule has 2 amide bonds. The number of hydrogen-bond donors (Lipinski definition) is 0. The lowest BCUT2D eigenvalue weighted by atomic mass is 10.1. The summed E-state index contributed by atoms with van der Waals surface area (Å²) in [6.07, 6.45) is -3.74. The summed E-state index contributed by atoms with van der Waals surface area (Å²) >= 11 is 0. The van der Waals surface area contributed by atoms with E-state index in [2.05, 4.69) is 9.73 Å². The summed E-state index contributed by atoms with van der Waals surface area (Å²) in [5.74, 6) is -0.775. The summed E-state index contributed by atoms with van der Waals surface area (Å²) in [5.41, 5.74) is 0.202. The molecule has 0 spiro atoms. The van der Waals surface area contributed by atoms with Gasteiger partial charge in [0, 0.05) is 33.1 Å². The first-order valence-corrected chi connectivity index (χ1v) is 9.12. The van der Waals surface area contributed by atoms with E-state index in [9.17, 15) is 22.8 Å². The minimum atomic E-state index is -4.83. The van der Waals surface area contributed by atoms with Gasteiger partial charge in [0.15, 0.2) is 5.90 Å². The third-order valence-corrected chi connectivity index (χ3v) is 4.07. The van der Waals surface area contributed by atoms with E-state index >= 15 is 0 Å². The highest BCUT2D eigenvalue weighted by molar-refractivity contribution is 5.94. The van der Waals surface area contributed by atoms with Gasteiger partial charge in [-0.05, 0) is 25.5 Å². The predicted octanol–water partition coefficient (Wildman–Crippen LogP) is 3.82. The summed E-state index contributed by atoms with van der Waals surface area (Å²) in [4.78, 5) is 30.5. The SMILES string of the molecule is CCC(C)/C(=N\C(=C(/C)C(=O)N(C)C)N(C)C=O)Oc1cccc(OC(F)(F)F)c1. The molecule has 1 atom stereocenters. The molecule has 0 N–H and O–H groups in total. The van der Waals surface area contributed by atoms with E-state index in [0.29, 0.717) is 12.8 Å². The number of likely N-dealkylation sites (N-methyl/N-ethyl adjacent to an activating group) is 1. The van der Waals surface area contributed by atoms with Crippen molar-refractivity contribution < 1.29 is 32.2 Å². The molecule has 1 unspecified atom stereocenters. The van der Waals surface area contributed by atoms with Gasteiger partial charge in [-0.3, -0.25) is 9.59 Å². The zero-order valence-electron chi connectivity index (χ0n) is 17.8. The average molecular weight is 429 g/mol. The lowest BCUT2D eigenvalue weighted by Gasteiger charge is -2.20. The fourth-order valence-corrected chi connectivity index (χ4v) is 2.28. The van der Waals surface area contributed by atoms with Gasteiger partial charge in [0.05, 0.1) is 5.57 Å². The van der Waals surface area contributed by atoms with Crippen LogP contribution in [0.5, 0.6) is 11.5 Å². The van der Waals surface area contributed by atoms with E-state index < -0.39 is 12.1 Å². The van der Waals surface area contributed by atoms with E-state index in [4.69, 9.17) is 4.74 Å². The van der Waals surface area contributed by atoms with Crippen molar-refractivity contribution in [3.05, 3.63) is 35.7 Å². The minimum Gasteiger partial charge on any atom is -0.442 e. The molecule has 30 heavy (non-hydrogen) atoms. The largest absolute Gasteiger partial charge is 0.573 e. The maximum Gasteiger partial charge on any atom is 0.573 e. The molecule has 0 aliphatic carbocycles. The number of aliphatic imine (C=N–C) groups is 1. The van der Waals surface area contributed by atoms with Gasteiger partial charge in [-0.25, -0.2) is 0 Å². The Morgan fingerprint density at radius 1 is 1.23 bits per heavy atom. The smallest absolute Gasteiger partial charge is 0.442 e. The van der Waals surface area contributed by atoms with E-state index in [1.807, 2.05) is 6.92 Å². The van der Waals surface area contributed by atoms with Crippen molar-refractivity contribution in [3.8, 4) is 11.5 Å². The number of halogens is 3. The molecule has 0 saturated carbocycles. The van der Waals surface area contributed by atoms with Crippen LogP contribution < -0.4 is 9.47 Å². The van der Waals surface area contributed by atoms with Gasteiger partial charge < -0.3 is 19.3 Å². The maximum atomic E-state index is 12.5. The summed E-state index contributed by atoms with van der Waals surface area (Å²) < 4.78 is 47.1. The number of rotatable bonds is 8. The second kappa shape index (κ2) is 10.7. The Kier molecular flexibility index (Phi) is 8.88. The molecular formula is C20H26F3N3O4. The van der Waals surface area contributed by atoms with Crippen LogP contribution in [0.15, 0.2) is 40.7 Å². The van der Waals surface area contributed by atoms with E-state index in [1.165, 1.54) is 31.0 Å². The average Bonchev–Trinajstić information content (AvgIpc) is 2.67. The fraction of sp³-hybridized carbons (Fsp3) is 0.450. The standard InChI is InChI=1S/C20H26F3N3O4/c1-7-13(2)18(24-17(26(6)12-27)14(3)19(28)25(4)5)29-15-9-8-10-16(11-15)30-20(21,22)23/h8-13H,7H2,1-6H3/b17-14-,24-18+. The molecule has 7 nitrogen and oxygen atoms in total. The van der Waals surface area contributed by atoms with Crippen LogP contribution in [-0.4, -0.2) is 55.5 Å². The highest BCUT2D eigenvalue weighted by atomic mass is 19.4. The zero-order valence-corrected chi connectivity index (χ0v) is 17.8. The molecule has 0 fully saturated rings. The highest BCUT2D eigenvalue weighted by Gasteiger charge is 2.31. The molecule has 0 radical (unpaired) electrons. The Balaban J connectivity index is 3.42. The van der Waals surface area contributed by atoms with Gasteiger partial charge in [0.25, 0.3) is 5.91 Å². The zero-order chi connectivity index (χ0) is 23.1. The Morgan fingerprint density at radius 3 is 2.33 bits per heavy atom. The maximum absolute atomic E-state index is 12.5. The minimum absolute atomic E-state index is 0.0699. The van der Waals surface area contributed by atoms with E-state index in [1.54, 1.807) is 21.0 Å². The number of alkyl halides is 3. The first-order chi connectivity index (χ1) is 13.9. The third kappa shape index (κ3) is 7.41. The van der Waals surface area contributed by atoms with E-state index in [0.717, 1.165) is 17.0 Å². The monoisotopic (exact) mass is 429 g/mol. The molecule has 0 heterocycles. The molecule has 166 valence electrons. The van der Waals surface area contributed by atoms with Gasteiger partial charge in [-0.1, -0.05) is 19.9 Å². The number of ether oxygens (including phenoxy) is 2. The van der Waals surface area contributed by atoms with E-state index in [-0.39, 0.29) is 34.9 Å². The van der Waals surface area contributed by atoms with Crippen LogP contribution in [0.4, 0.5) is 13.2 Å². The number of carbonyl (C=O) groups is 2. The molecule has 1 aromatic carbocycles. The number of nitrogens with zero attached hydrogens (tertiary/aromatic N) is 3. The van der Waals surface area contributed by atoms with Crippen LogP contribution in [0.25, 0.3) is 0 Å². The fourth-order valence-electron chi connectivity index (χ4n) is 2.28. The molecule has 0 saturated heterocycles. The molecule has 1 rings (SSSR count). The molecule has 0 aliphatic heterocycles. The summed E-state index contributed by atoms with van der Waals surface area (Å²) in [6.45, 7) is 5.20. The van der Waals surface area contributed by atoms with Crippen LogP contribution in [-0.2, 0) is 9.59 Å². The lowest BCUT2D eigenvalue weighted by Crippen LogP contribution is -2.28. The number of benzene rings is 1. The lowest BCUT2D eigenvalue weighted by molar-refractivity contribution is -0.274. The number of carbonyl (C=O) groups excluding carboxylic acids is 2. The van der Waals surface area contributed by atoms with Crippen molar-refractivity contribution in [2.75, 3.05) is 21.1 Å². The highest BCUT2D eigenvalue weighted by Crippen LogP contribution is 2.27. The van der Waals surface area contributed by atoms with Crippen molar-refractivity contribution in [2.45, 2.75) is 33.6 Å². The third-order valence-electron chi connectivity index (χ3n) is 4.07. The molecule has 0 aliphatic rings. The van der Waals surface area contributed by atoms with Gasteiger partial charge >= 0.3 is 6.36 Å². The Morgan fingerprint density at radius 2 is 1.83 bits per heavy atom. The van der Waals surface area contributed by atoms with Crippen molar-refractivity contribution in [2.24, 2.45) is 10.9 Å². The Labute approximate surface area is 173 Å². The van der Waals surface area contributed by atoms with Crippen molar-refractivity contribution in [1.82, 2.24) is 9.80 Å². The van der Waals surface area contributed by atoms with Gasteiger partial charge in [0.1, 0.15) is 17.3 Å².